The standard InChI is InChI=1S/C11H16N2O3/c1-7(15)13-10(6-14)11(16)8-2-4-9(12)5-3-8/h2-5,10-11,14,16H,6,12H2,1H3,(H,13,15)/t10-,11-/m0/s1. The summed E-state index contributed by atoms with van der Waals surface area (Å²) in [5.74, 6) is -0.298. The van der Waals surface area contributed by atoms with E-state index in [2.05, 4.69) is 5.32 Å². The molecule has 0 fully saturated rings. The first-order valence-electron chi connectivity index (χ1n) is 4.96. The Bertz CT molecular complexity index is 351. The molecule has 0 spiro atoms. The highest BCUT2D eigenvalue weighted by atomic mass is 16.3. The topological polar surface area (TPSA) is 95.6 Å². The highest BCUT2D eigenvalue weighted by Gasteiger charge is 2.20. The third kappa shape index (κ3) is 3.22. The lowest BCUT2D eigenvalue weighted by atomic mass is 10.0. The molecule has 0 aliphatic carbocycles. The van der Waals surface area contributed by atoms with E-state index in [1.54, 1.807) is 24.3 Å². The van der Waals surface area contributed by atoms with E-state index < -0.39 is 12.1 Å². The van der Waals surface area contributed by atoms with Gasteiger partial charge in [0.1, 0.15) is 6.10 Å². The maximum absolute atomic E-state index is 10.8. The SMILES string of the molecule is CC(=O)N[C@@H](CO)[C@@H](O)c1ccc(N)cc1. The summed E-state index contributed by atoms with van der Waals surface area (Å²) in [7, 11) is 0. The van der Waals surface area contributed by atoms with E-state index in [4.69, 9.17) is 10.8 Å². The minimum absolute atomic E-state index is 0.298. The monoisotopic (exact) mass is 224 g/mol. The van der Waals surface area contributed by atoms with Crippen molar-refractivity contribution in [2.45, 2.75) is 19.1 Å². The van der Waals surface area contributed by atoms with Crippen LogP contribution in [0.5, 0.6) is 0 Å². The predicted octanol–water partition coefficient (Wildman–Crippen LogP) is -0.201. The van der Waals surface area contributed by atoms with Crippen molar-refractivity contribution in [2.24, 2.45) is 0 Å². The first kappa shape index (κ1) is 12.5. The van der Waals surface area contributed by atoms with Crippen LogP contribution in [0, 0.1) is 0 Å². The maximum Gasteiger partial charge on any atom is 0.217 e. The van der Waals surface area contributed by atoms with Crippen molar-refractivity contribution < 1.29 is 15.0 Å². The molecular weight excluding hydrogens is 208 g/mol. The van der Waals surface area contributed by atoms with Crippen LogP contribution in [0.3, 0.4) is 0 Å². The van der Waals surface area contributed by atoms with E-state index in [-0.39, 0.29) is 12.5 Å². The van der Waals surface area contributed by atoms with Crippen molar-refractivity contribution in [3.05, 3.63) is 29.8 Å². The Morgan fingerprint density at radius 2 is 2.00 bits per heavy atom. The summed E-state index contributed by atoms with van der Waals surface area (Å²) < 4.78 is 0. The highest BCUT2D eigenvalue weighted by molar-refractivity contribution is 5.73. The van der Waals surface area contributed by atoms with Gasteiger partial charge in [0.2, 0.25) is 5.91 Å². The molecule has 1 amide bonds. The maximum atomic E-state index is 10.8. The average Bonchev–Trinajstić information content (AvgIpc) is 2.25. The third-order valence-corrected chi connectivity index (χ3v) is 2.24. The summed E-state index contributed by atoms with van der Waals surface area (Å²) in [6.45, 7) is 1.00. The number of hydrogen-bond donors (Lipinski definition) is 4. The normalized spacial score (nSPS) is 14.2. The van der Waals surface area contributed by atoms with E-state index in [9.17, 15) is 9.90 Å². The van der Waals surface area contributed by atoms with E-state index in [1.807, 2.05) is 0 Å². The van der Waals surface area contributed by atoms with Crippen molar-refractivity contribution in [3.63, 3.8) is 0 Å². The molecule has 0 heterocycles. The van der Waals surface area contributed by atoms with Gasteiger partial charge in [0, 0.05) is 12.6 Å². The number of benzene rings is 1. The fourth-order valence-corrected chi connectivity index (χ4v) is 1.41. The van der Waals surface area contributed by atoms with Crippen molar-refractivity contribution in [1.29, 1.82) is 0 Å². The second-order valence-electron chi connectivity index (χ2n) is 3.60. The van der Waals surface area contributed by atoms with Gasteiger partial charge in [-0.15, -0.1) is 0 Å². The number of carbonyl (C=O) groups is 1. The largest absolute Gasteiger partial charge is 0.399 e. The summed E-state index contributed by atoms with van der Waals surface area (Å²) in [5.41, 5.74) is 6.71. The Hall–Kier alpha value is -1.59. The van der Waals surface area contributed by atoms with Gasteiger partial charge in [0.25, 0.3) is 0 Å². The number of aliphatic hydroxyl groups is 2. The molecule has 0 saturated carbocycles. The van der Waals surface area contributed by atoms with Gasteiger partial charge in [-0.25, -0.2) is 0 Å². The van der Waals surface area contributed by atoms with Crippen LogP contribution in [-0.4, -0.2) is 28.8 Å². The molecule has 0 bridgehead atoms. The highest BCUT2D eigenvalue weighted by Crippen LogP contribution is 2.18. The Balaban J connectivity index is 2.78. The minimum Gasteiger partial charge on any atom is -0.399 e. The second kappa shape index (κ2) is 5.48. The molecule has 0 radical (unpaired) electrons. The first-order valence-corrected chi connectivity index (χ1v) is 4.96. The van der Waals surface area contributed by atoms with Crippen molar-refractivity contribution >= 4 is 11.6 Å². The number of nitrogens with two attached hydrogens (primary N) is 1. The Morgan fingerprint density at radius 3 is 2.44 bits per heavy atom. The number of amides is 1. The fraction of sp³-hybridized carbons (Fsp3) is 0.364. The molecule has 16 heavy (non-hydrogen) atoms. The molecule has 0 aliphatic heterocycles. The number of hydrogen-bond acceptors (Lipinski definition) is 4. The van der Waals surface area contributed by atoms with Crippen molar-refractivity contribution in [3.8, 4) is 0 Å². The van der Waals surface area contributed by atoms with Gasteiger partial charge in [-0.2, -0.15) is 0 Å². The first-order chi connectivity index (χ1) is 7.54. The van der Waals surface area contributed by atoms with Crippen molar-refractivity contribution in [1.82, 2.24) is 5.32 Å². The minimum atomic E-state index is -0.950. The summed E-state index contributed by atoms with van der Waals surface area (Å²) in [6.07, 6.45) is -0.950. The quantitative estimate of drug-likeness (QED) is 0.532. The summed E-state index contributed by atoms with van der Waals surface area (Å²) in [4.78, 5) is 10.8. The molecule has 88 valence electrons. The molecule has 0 unspecified atom stereocenters. The molecule has 5 nitrogen and oxygen atoms in total. The zero-order valence-corrected chi connectivity index (χ0v) is 9.05. The summed E-state index contributed by atoms with van der Waals surface area (Å²) >= 11 is 0. The zero-order chi connectivity index (χ0) is 12.1. The molecule has 2 atom stereocenters. The van der Waals surface area contributed by atoms with Gasteiger partial charge in [-0.3, -0.25) is 4.79 Å². The van der Waals surface area contributed by atoms with Crippen LogP contribution >= 0.6 is 0 Å². The van der Waals surface area contributed by atoms with E-state index in [0.29, 0.717) is 11.3 Å². The van der Waals surface area contributed by atoms with E-state index in [1.165, 1.54) is 6.92 Å². The Kier molecular flexibility index (Phi) is 4.28. The molecule has 1 rings (SSSR count). The third-order valence-electron chi connectivity index (χ3n) is 2.24. The van der Waals surface area contributed by atoms with Crippen LogP contribution in [0.2, 0.25) is 0 Å². The smallest absolute Gasteiger partial charge is 0.217 e. The Morgan fingerprint density at radius 1 is 1.44 bits per heavy atom. The molecule has 1 aromatic carbocycles. The fourth-order valence-electron chi connectivity index (χ4n) is 1.41. The van der Waals surface area contributed by atoms with Gasteiger partial charge >= 0.3 is 0 Å². The van der Waals surface area contributed by atoms with Crippen LogP contribution in [0.4, 0.5) is 5.69 Å². The number of nitrogens with one attached hydrogen (secondary N) is 1. The Labute approximate surface area is 93.9 Å². The average molecular weight is 224 g/mol. The van der Waals surface area contributed by atoms with Gasteiger partial charge in [0.15, 0.2) is 0 Å². The van der Waals surface area contributed by atoms with Gasteiger partial charge in [-0.05, 0) is 17.7 Å². The van der Waals surface area contributed by atoms with Gasteiger partial charge in [-0.1, -0.05) is 12.1 Å². The van der Waals surface area contributed by atoms with Gasteiger partial charge < -0.3 is 21.3 Å². The number of anilines is 1. The zero-order valence-electron chi connectivity index (χ0n) is 9.05. The van der Waals surface area contributed by atoms with Crippen LogP contribution in [0.1, 0.15) is 18.6 Å². The second-order valence-corrected chi connectivity index (χ2v) is 3.60. The van der Waals surface area contributed by atoms with Crippen molar-refractivity contribution in [2.75, 3.05) is 12.3 Å². The molecule has 5 N–H and O–H groups in total. The van der Waals surface area contributed by atoms with Gasteiger partial charge in [0.05, 0.1) is 12.6 Å². The lowest BCUT2D eigenvalue weighted by molar-refractivity contribution is -0.121. The molecule has 0 saturated heterocycles. The summed E-state index contributed by atoms with van der Waals surface area (Å²) in [6, 6.07) is 5.91. The van der Waals surface area contributed by atoms with Crippen LogP contribution < -0.4 is 11.1 Å². The van der Waals surface area contributed by atoms with Crippen LogP contribution in [0.25, 0.3) is 0 Å². The molecule has 5 heteroatoms. The number of nitrogen functional groups attached to an aromatic ring is 1. The molecular formula is C11H16N2O3. The van der Waals surface area contributed by atoms with Crippen LogP contribution in [-0.2, 0) is 4.79 Å². The molecule has 1 aromatic rings. The predicted molar refractivity (Wildman–Crippen MR) is 60.5 cm³/mol. The number of carbonyl (C=O) groups excluding carboxylic acids is 1. The molecule has 0 aromatic heterocycles. The van der Waals surface area contributed by atoms with E-state index >= 15 is 0 Å². The number of aliphatic hydroxyl groups excluding tert-OH is 2. The molecule has 0 aliphatic rings. The number of rotatable bonds is 4. The van der Waals surface area contributed by atoms with Crippen LogP contribution in [0.15, 0.2) is 24.3 Å². The lowest BCUT2D eigenvalue weighted by Gasteiger charge is -2.21. The lowest BCUT2D eigenvalue weighted by Crippen LogP contribution is -2.40. The summed E-state index contributed by atoms with van der Waals surface area (Å²) in [5, 5.41) is 21.4. The van der Waals surface area contributed by atoms with E-state index in [0.717, 1.165) is 0 Å².